The van der Waals surface area contributed by atoms with Gasteiger partial charge in [0.1, 0.15) is 12.0 Å². The molecule has 0 atom stereocenters. The highest BCUT2D eigenvalue weighted by molar-refractivity contribution is 5.85. The average molecular weight is 497 g/mol. The first-order valence-electron chi connectivity index (χ1n) is 13.3. The molecule has 37 heavy (non-hydrogen) atoms. The second kappa shape index (κ2) is 8.90. The lowest BCUT2D eigenvalue weighted by Gasteiger charge is -2.28. The molecule has 2 aromatic carbocycles. The molecule has 0 bridgehead atoms. The summed E-state index contributed by atoms with van der Waals surface area (Å²) >= 11 is 0. The van der Waals surface area contributed by atoms with Crippen molar-refractivity contribution in [2.45, 2.75) is 85.6 Å². The molecule has 0 aliphatic rings. The minimum absolute atomic E-state index is 0.0753. The van der Waals surface area contributed by atoms with Crippen LogP contribution in [-0.4, -0.2) is 19.9 Å². The number of rotatable bonds is 6. The van der Waals surface area contributed by atoms with Gasteiger partial charge in [-0.25, -0.2) is 0 Å². The predicted octanol–water partition coefficient (Wildman–Crippen LogP) is 7.96. The number of benzene rings is 2. The maximum Gasteiger partial charge on any atom is 0.127 e. The Bertz CT molecular complexity index is 1550. The summed E-state index contributed by atoms with van der Waals surface area (Å²) in [5.74, 6) is 0. The number of H-pyrrole nitrogens is 1. The SMILES string of the molecule is CC(C)(C)Cc1conc1Cn1ncc2c(C(C)(C)Cc3cc(C(C)(C)C)c4cc[nH]c4c3)cccc21. The topological polar surface area (TPSA) is 59.6 Å². The second-order valence-electron chi connectivity index (χ2n) is 13.5. The molecule has 0 saturated heterocycles. The number of fused-ring (bicyclic) bond motifs is 2. The van der Waals surface area contributed by atoms with Crippen LogP contribution < -0.4 is 0 Å². The van der Waals surface area contributed by atoms with Crippen LogP contribution in [0.25, 0.3) is 21.8 Å². The van der Waals surface area contributed by atoms with E-state index in [9.17, 15) is 0 Å². The number of nitrogens with one attached hydrogen (secondary N) is 1. The molecule has 0 spiro atoms. The van der Waals surface area contributed by atoms with Crippen molar-refractivity contribution in [3.05, 3.63) is 83.0 Å². The summed E-state index contributed by atoms with van der Waals surface area (Å²) in [5.41, 5.74) is 8.68. The molecule has 3 aromatic heterocycles. The molecule has 0 fully saturated rings. The van der Waals surface area contributed by atoms with Gasteiger partial charge in [-0.1, -0.05) is 78.7 Å². The summed E-state index contributed by atoms with van der Waals surface area (Å²) in [4.78, 5) is 3.44. The van der Waals surface area contributed by atoms with E-state index in [1.54, 1.807) is 6.26 Å². The molecule has 194 valence electrons. The van der Waals surface area contributed by atoms with Gasteiger partial charge in [-0.15, -0.1) is 0 Å². The van der Waals surface area contributed by atoms with E-state index >= 15 is 0 Å². The van der Waals surface area contributed by atoms with Gasteiger partial charge in [0.05, 0.1) is 18.3 Å². The van der Waals surface area contributed by atoms with Crippen molar-refractivity contribution in [3.63, 3.8) is 0 Å². The van der Waals surface area contributed by atoms with Crippen molar-refractivity contribution in [3.8, 4) is 0 Å². The van der Waals surface area contributed by atoms with Gasteiger partial charge in [-0.05, 0) is 64.0 Å². The molecule has 5 rings (SSSR count). The van der Waals surface area contributed by atoms with Crippen molar-refractivity contribution in [1.82, 2.24) is 19.9 Å². The third-order valence-corrected chi connectivity index (χ3v) is 7.35. The maximum atomic E-state index is 5.36. The molecule has 0 amide bonds. The standard InChI is InChI=1S/C32H40N4O/c1-30(2,3)17-22-20-37-35-28(22)19-36-29-11-9-10-25(24(29)18-34-36)32(7,8)16-21-14-26(31(4,5)6)23-12-13-33-27(23)15-21/h9-15,18,20,33H,16-17,19H2,1-8H3. The van der Waals surface area contributed by atoms with Crippen LogP contribution in [0.2, 0.25) is 0 Å². The van der Waals surface area contributed by atoms with Crippen molar-refractivity contribution in [2.24, 2.45) is 5.41 Å². The Labute approximate surface area is 220 Å². The largest absolute Gasteiger partial charge is 0.364 e. The van der Waals surface area contributed by atoms with Crippen LogP contribution in [0.3, 0.4) is 0 Å². The molecule has 0 unspecified atom stereocenters. The summed E-state index contributed by atoms with van der Waals surface area (Å²) < 4.78 is 7.42. The fraction of sp³-hybridized carbons (Fsp3) is 0.438. The van der Waals surface area contributed by atoms with Gasteiger partial charge in [0.15, 0.2) is 0 Å². The molecule has 1 N–H and O–H groups in total. The van der Waals surface area contributed by atoms with Gasteiger partial charge in [0, 0.05) is 28.0 Å². The molecule has 0 radical (unpaired) electrons. The molecule has 0 saturated carbocycles. The third-order valence-electron chi connectivity index (χ3n) is 7.35. The first-order valence-corrected chi connectivity index (χ1v) is 13.3. The molecular weight excluding hydrogens is 456 g/mol. The van der Waals surface area contributed by atoms with Crippen molar-refractivity contribution < 1.29 is 4.52 Å². The fourth-order valence-electron chi connectivity index (χ4n) is 5.64. The Balaban J connectivity index is 1.48. The molecule has 5 heteroatoms. The highest BCUT2D eigenvalue weighted by Gasteiger charge is 2.27. The molecule has 3 heterocycles. The zero-order valence-corrected chi connectivity index (χ0v) is 23.6. The summed E-state index contributed by atoms with van der Waals surface area (Å²) in [6, 6.07) is 13.5. The Hall–Kier alpha value is -3.34. The summed E-state index contributed by atoms with van der Waals surface area (Å²) in [5, 5.41) is 11.6. The van der Waals surface area contributed by atoms with E-state index in [-0.39, 0.29) is 16.2 Å². The van der Waals surface area contributed by atoms with Crippen LogP contribution in [0.4, 0.5) is 0 Å². The number of nitrogens with zero attached hydrogens (tertiary/aromatic N) is 3. The maximum absolute atomic E-state index is 5.36. The van der Waals surface area contributed by atoms with Gasteiger partial charge in [0.25, 0.3) is 0 Å². The molecule has 5 nitrogen and oxygen atoms in total. The molecule has 0 aliphatic carbocycles. The van der Waals surface area contributed by atoms with Crippen LogP contribution in [-0.2, 0) is 30.2 Å². The van der Waals surface area contributed by atoms with E-state index in [4.69, 9.17) is 9.62 Å². The lowest BCUT2D eigenvalue weighted by atomic mass is 9.76. The first kappa shape index (κ1) is 25.3. The minimum Gasteiger partial charge on any atom is -0.364 e. The van der Waals surface area contributed by atoms with E-state index in [1.807, 2.05) is 12.4 Å². The summed E-state index contributed by atoms with van der Waals surface area (Å²) in [6.45, 7) is 18.9. The van der Waals surface area contributed by atoms with E-state index in [0.29, 0.717) is 6.54 Å². The third kappa shape index (κ3) is 5.09. The van der Waals surface area contributed by atoms with Gasteiger partial charge in [-0.2, -0.15) is 5.10 Å². The number of hydrogen-bond acceptors (Lipinski definition) is 3. The normalized spacial score (nSPS) is 13.2. The van der Waals surface area contributed by atoms with Crippen molar-refractivity contribution in [2.75, 3.05) is 0 Å². The Morgan fingerprint density at radius 1 is 0.892 bits per heavy atom. The van der Waals surface area contributed by atoms with Crippen molar-refractivity contribution in [1.29, 1.82) is 0 Å². The smallest absolute Gasteiger partial charge is 0.127 e. The zero-order valence-electron chi connectivity index (χ0n) is 23.6. The molecular formula is C32H40N4O. The van der Waals surface area contributed by atoms with E-state index in [2.05, 4.69) is 107 Å². The number of aromatic nitrogens is 4. The van der Waals surface area contributed by atoms with E-state index in [0.717, 1.165) is 29.6 Å². The second-order valence-corrected chi connectivity index (χ2v) is 13.5. The van der Waals surface area contributed by atoms with E-state index in [1.165, 1.54) is 33.0 Å². The average Bonchev–Trinajstić information content (AvgIpc) is 3.52. The van der Waals surface area contributed by atoms with Gasteiger partial charge >= 0.3 is 0 Å². The summed E-state index contributed by atoms with van der Waals surface area (Å²) in [6.07, 6.45) is 7.71. The van der Waals surface area contributed by atoms with Crippen LogP contribution in [0.1, 0.15) is 83.3 Å². The van der Waals surface area contributed by atoms with E-state index < -0.39 is 0 Å². The minimum atomic E-state index is -0.0753. The van der Waals surface area contributed by atoms with Crippen LogP contribution in [0, 0.1) is 5.41 Å². The number of aromatic amines is 1. The van der Waals surface area contributed by atoms with Crippen LogP contribution in [0.15, 0.2) is 59.6 Å². The van der Waals surface area contributed by atoms with Crippen LogP contribution in [0.5, 0.6) is 0 Å². The van der Waals surface area contributed by atoms with Crippen molar-refractivity contribution >= 4 is 21.8 Å². The lowest BCUT2D eigenvalue weighted by molar-refractivity contribution is 0.399. The van der Waals surface area contributed by atoms with Gasteiger partial charge in [0.2, 0.25) is 0 Å². The Morgan fingerprint density at radius 2 is 1.68 bits per heavy atom. The lowest BCUT2D eigenvalue weighted by Crippen LogP contribution is -2.21. The highest BCUT2D eigenvalue weighted by Crippen LogP contribution is 2.37. The zero-order chi connectivity index (χ0) is 26.6. The Morgan fingerprint density at radius 3 is 2.41 bits per heavy atom. The predicted molar refractivity (Wildman–Crippen MR) is 152 cm³/mol. The highest BCUT2D eigenvalue weighted by atomic mass is 16.5. The van der Waals surface area contributed by atoms with Gasteiger partial charge in [-0.3, -0.25) is 4.68 Å². The Kier molecular flexibility index (Phi) is 6.09. The molecule has 0 aliphatic heterocycles. The molecule has 5 aromatic rings. The fourth-order valence-corrected chi connectivity index (χ4v) is 5.64. The van der Waals surface area contributed by atoms with Crippen LogP contribution >= 0.6 is 0 Å². The first-order chi connectivity index (χ1) is 17.3. The number of hydrogen-bond donors (Lipinski definition) is 1. The summed E-state index contributed by atoms with van der Waals surface area (Å²) in [7, 11) is 0. The quantitative estimate of drug-likeness (QED) is 0.259. The monoisotopic (exact) mass is 496 g/mol. The van der Waals surface area contributed by atoms with Gasteiger partial charge < -0.3 is 9.51 Å².